The zero-order valence-electron chi connectivity index (χ0n) is 11.1. The van der Waals surface area contributed by atoms with Gasteiger partial charge in [0.05, 0.1) is 6.04 Å². The molecular formula is C15H18N2O2. The van der Waals surface area contributed by atoms with E-state index in [2.05, 4.69) is 16.2 Å². The Kier molecular flexibility index (Phi) is 4.06. The van der Waals surface area contributed by atoms with E-state index in [1.807, 2.05) is 6.92 Å². The maximum atomic E-state index is 11.3. The summed E-state index contributed by atoms with van der Waals surface area (Å²) in [6.45, 7) is 1.95. The first-order chi connectivity index (χ1) is 9.15. The van der Waals surface area contributed by atoms with E-state index in [1.165, 1.54) is 0 Å². The molecule has 0 amide bonds. The molecule has 2 N–H and O–H groups in total. The van der Waals surface area contributed by atoms with Crippen molar-refractivity contribution in [3.8, 4) is 12.3 Å². The van der Waals surface area contributed by atoms with Gasteiger partial charge in [-0.1, -0.05) is 12.8 Å². The molecule has 1 atom stereocenters. The van der Waals surface area contributed by atoms with Gasteiger partial charge in [-0.25, -0.2) is 9.78 Å². The molecule has 0 saturated carbocycles. The smallest absolute Gasteiger partial charge is 0.339 e. The third-order valence-electron chi connectivity index (χ3n) is 3.45. The Labute approximate surface area is 113 Å². The number of aromatic nitrogens is 1. The van der Waals surface area contributed by atoms with Gasteiger partial charge in [0.25, 0.3) is 0 Å². The molecule has 1 aromatic rings. The van der Waals surface area contributed by atoms with Crippen molar-refractivity contribution in [3.05, 3.63) is 22.9 Å². The monoisotopic (exact) mass is 258 g/mol. The van der Waals surface area contributed by atoms with Crippen LogP contribution in [0.4, 0.5) is 5.82 Å². The lowest BCUT2D eigenvalue weighted by Gasteiger charge is -2.19. The van der Waals surface area contributed by atoms with Crippen molar-refractivity contribution in [3.63, 3.8) is 0 Å². The van der Waals surface area contributed by atoms with Crippen molar-refractivity contribution >= 4 is 11.8 Å². The SMILES string of the molecule is C#CC(CC)Nc1nc2c(cc1C(=O)O)CCCC2. The predicted molar refractivity (Wildman–Crippen MR) is 74.4 cm³/mol. The van der Waals surface area contributed by atoms with Crippen LogP contribution in [0.2, 0.25) is 0 Å². The average Bonchev–Trinajstić information content (AvgIpc) is 2.43. The fourth-order valence-corrected chi connectivity index (χ4v) is 2.33. The molecule has 0 fully saturated rings. The molecule has 1 heterocycles. The van der Waals surface area contributed by atoms with Crippen molar-refractivity contribution in [2.24, 2.45) is 0 Å². The van der Waals surface area contributed by atoms with Crippen LogP contribution in [0, 0.1) is 12.3 Å². The number of carboxylic acid groups (broad SMARTS) is 1. The highest BCUT2D eigenvalue weighted by Crippen LogP contribution is 2.25. The summed E-state index contributed by atoms with van der Waals surface area (Å²) < 4.78 is 0. The molecule has 0 aliphatic heterocycles. The Morgan fingerprint density at radius 3 is 2.95 bits per heavy atom. The highest BCUT2D eigenvalue weighted by atomic mass is 16.4. The number of hydrogen-bond acceptors (Lipinski definition) is 3. The number of carbonyl (C=O) groups is 1. The predicted octanol–water partition coefficient (Wildman–Crippen LogP) is 2.48. The topological polar surface area (TPSA) is 62.2 Å². The number of terminal acetylenes is 1. The summed E-state index contributed by atoms with van der Waals surface area (Å²) in [4.78, 5) is 15.8. The van der Waals surface area contributed by atoms with Gasteiger partial charge >= 0.3 is 5.97 Å². The third-order valence-corrected chi connectivity index (χ3v) is 3.45. The molecular weight excluding hydrogens is 240 g/mol. The van der Waals surface area contributed by atoms with Gasteiger partial charge in [0.15, 0.2) is 0 Å². The van der Waals surface area contributed by atoms with Gasteiger partial charge in [-0.05, 0) is 43.7 Å². The largest absolute Gasteiger partial charge is 0.478 e. The molecule has 1 aliphatic rings. The summed E-state index contributed by atoms with van der Waals surface area (Å²) in [6, 6.07) is 1.56. The maximum absolute atomic E-state index is 11.3. The molecule has 1 aliphatic carbocycles. The Balaban J connectivity index is 2.40. The maximum Gasteiger partial charge on any atom is 0.339 e. The lowest BCUT2D eigenvalue weighted by molar-refractivity contribution is 0.0697. The molecule has 19 heavy (non-hydrogen) atoms. The van der Waals surface area contributed by atoms with Crippen LogP contribution in [0.25, 0.3) is 0 Å². The van der Waals surface area contributed by atoms with E-state index in [0.29, 0.717) is 5.82 Å². The van der Waals surface area contributed by atoms with E-state index >= 15 is 0 Å². The van der Waals surface area contributed by atoms with Crippen molar-refractivity contribution in [2.45, 2.75) is 45.1 Å². The second-order valence-corrected chi connectivity index (χ2v) is 4.77. The van der Waals surface area contributed by atoms with Crippen LogP contribution in [0.5, 0.6) is 0 Å². The minimum Gasteiger partial charge on any atom is -0.478 e. The van der Waals surface area contributed by atoms with Crippen LogP contribution in [0.1, 0.15) is 47.8 Å². The fourth-order valence-electron chi connectivity index (χ4n) is 2.33. The number of pyridine rings is 1. The second kappa shape index (κ2) is 5.75. The van der Waals surface area contributed by atoms with Crippen LogP contribution in [-0.4, -0.2) is 22.1 Å². The number of carboxylic acids is 1. The Hall–Kier alpha value is -2.02. The minimum absolute atomic E-state index is 0.188. The van der Waals surface area contributed by atoms with Crippen LogP contribution in [0.3, 0.4) is 0 Å². The first-order valence-electron chi connectivity index (χ1n) is 6.64. The van der Waals surface area contributed by atoms with Gasteiger partial charge in [0, 0.05) is 5.69 Å². The number of aromatic carboxylic acids is 1. The molecule has 0 spiro atoms. The number of aryl methyl sites for hydroxylation is 2. The Bertz CT molecular complexity index is 532. The highest BCUT2D eigenvalue weighted by molar-refractivity contribution is 5.93. The highest BCUT2D eigenvalue weighted by Gasteiger charge is 2.19. The lowest BCUT2D eigenvalue weighted by atomic mass is 9.94. The molecule has 1 aromatic heterocycles. The average molecular weight is 258 g/mol. The van der Waals surface area contributed by atoms with E-state index in [4.69, 9.17) is 6.42 Å². The number of rotatable bonds is 4. The van der Waals surface area contributed by atoms with Gasteiger partial charge in [-0.2, -0.15) is 0 Å². The third kappa shape index (κ3) is 2.87. The standard InChI is InChI=1S/C15H18N2O2/c1-3-11(4-2)16-14-12(15(18)19)9-10-7-5-6-8-13(10)17-14/h1,9,11H,4-8H2,2H3,(H,16,17)(H,18,19). The molecule has 0 saturated heterocycles. The minimum atomic E-state index is -0.963. The molecule has 2 rings (SSSR count). The first-order valence-corrected chi connectivity index (χ1v) is 6.64. The van der Waals surface area contributed by atoms with Crippen molar-refractivity contribution in [1.82, 2.24) is 4.98 Å². The molecule has 0 radical (unpaired) electrons. The first kappa shape index (κ1) is 13.4. The summed E-state index contributed by atoms with van der Waals surface area (Å²) in [5.41, 5.74) is 2.28. The van der Waals surface area contributed by atoms with Crippen molar-refractivity contribution in [2.75, 3.05) is 5.32 Å². The molecule has 4 nitrogen and oxygen atoms in total. The van der Waals surface area contributed by atoms with E-state index in [1.54, 1.807) is 6.07 Å². The van der Waals surface area contributed by atoms with Crippen molar-refractivity contribution in [1.29, 1.82) is 0 Å². The Morgan fingerprint density at radius 2 is 2.32 bits per heavy atom. The lowest BCUT2D eigenvalue weighted by Crippen LogP contribution is -2.21. The van der Waals surface area contributed by atoms with Crippen LogP contribution in [-0.2, 0) is 12.8 Å². The fraction of sp³-hybridized carbons (Fsp3) is 0.467. The van der Waals surface area contributed by atoms with E-state index < -0.39 is 5.97 Å². The number of nitrogens with zero attached hydrogens (tertiary/aromatic N) is 1. The van der Waals surface area contributed by atoms with Crippen LogP contribution in [0.15, 0.2) is 6.07 Å². The second-order valence-electron chi connectivity index (χ2n) is 4.77. The van der Waals surface area contributed by atoms with Gasteiger partial charge in [-0.3, -0.25) is 0 Å². The van der Waals surface area contributed by atoms with E-state index in [9.17, 15) is 9.90 Å². The van der Waals surface area contributed by atoms with E-state index in [0.717, 1.165) is 43.4 Å². The summed E-state index contributed by atoms with van der Waals surface area (Å²) in [6.07, 6.45) is 10.2. The normalized spacial score (nSPS) is 15.2. The number of hydrogen-bond donors (Lipinski definition) is 2. The zero-order valence-corrected chi connectivity index (χ0v) is 11.1. The molecule has 0 aromatic carbocycles. The molecule has 1 unspecified atom stereocenters. The zero-order chi connectivity index (χ0) is 13.8. The van der Waals surface area contributed by atoms with E-state index in [-0.39, 0.29) is 11.6 Å². The summed E-state index contributed by atoms with van der Waals surface area (Å²) in [5, 5.41) is 12.3. The van der Waals surface area contributed by atoms with Crippen LogP contribution < -0.4 is 5.32 Å². The number of fused-ring (bicyclic) bond motifs is 1. The number of nitrogens with one attached hydrogen (secondary N) is 1. The summed E-state index contributed by atoms with van der Waals surface area (Å²) >= 11 is 0. The number of anilines is 1. The quantitative estimate of drug-likeness (QED) is 0.814. The molecule has 100 valence electrons. The van der Waals surface area contributed by atoms with Crippen molar-refractivity contribution < 1.29 is 9.90 Å². The van der Waals surface area contributed by atoms with Gasteiger partial charge in [0.1, 0.15) is 11.4 Å². The van der Waals surface area contributed by atoms with Crippen LogP contribution >= 0.6 is 0 Å². The summed E-state index contributed by atoms with van der Waals surface area (Å²) in [5.74, 6) is 2.04. The summed E-state index contributed by atoms with van der Waals surface area (Å²) in [7, 11) is 0. The van der Waals surface area contributed by atoms with Gasteiger partial charge in [-0.15, -0.1) is 6.42 Å². The molecule has 4 heteroatoms. The van der Waals surface area contributed by atoms with Gasteiger partial charge in [0.2, 0.25) is 0 Å². The molecule has 0 bridgehead atoms. The van der Waals surface area contributed by atoms with Gasteiger partial charge < -0.3 is 10.4 Å². The Morgan fingerprint density at radius 1 is 1.58 bits per heavy atom.